The molecule has 0 bridgehead atoms. The first kappa shape index (κ1) is 13.1. The summed E-state index contributed by atoms with van der Waals surface area (Å²) in [5, 5.41) is 0. The van der Waals surface area contributed by atoms with Gasteiger partial charge in [-0.15, -0.1) is 0 Å². The molecule has 0 atom stereocenters. The van der Waals surface area contributed by atoms with Gasteiger partial charge in [-0.05, 0) is 44.4 Å². The van der Waals surface area contributed by atoms with Crippen LogP contribution in [-0.2, 0) is 21.0 Å². The standard InChI is InChI=1S/C13H16O4S/c1-13(2)7-6-9-4-5-10(12(14)17-3)8-11(9)18(13,15)16/h4-5,8H,6-7H2,1-3H3. The first-order valence-electron chi connectivity index (χ1n) is 5.75. The van der Waals surface area contributed by atoms with Crippen LogP contribution in [-0.4, -0.2) is 26.2 Å². The Balaban J connectivity index is 2.62. The topological polar surface area (TPSA) is 60.4 Å². The van der Waals surface area contributed by atoms with Gasteiger partial charge in [-0.2, -0.15) is 0 Å². The van der Waals surface area contributed by atoms with Crippen molar-refractivity contribution in [1.29, 1.82) is 0 Å². The van der Waals surface area contributed by atoms with E-state index in [1.54, 1.807) is 26.0 Å². The summed E-state index contributed by atoms with van der Waals surface area (Å²) in [7, 11) is -2.11. The van der Waals surface area contributed by atoms with Gasteiger partial charge in [0.1, 0.15) is 0 Å². The Labute approximate surface area is 107 Å². The second-order valence-electron chi connectivity index (χ2n) is 5.08. The predicted molar refractivity (Wildman–Crippen MR) is 67.4 cm³/mol. The summed E-state index contributed by atoms with van der Waals surface area (Å²) < 4.78 is 28.7. The molecule has 0 aromatic heterocycles. The number of methoxy groups -OCH3 is 1. The molecule has 0 amide bonds. The molecule has 0 radical (unpaired) electrons. The minimum absolute atomic E-state index is 0.265. The molecule has 18 heavy (non-hydrogen) atoms. The SMILES string of the molecule is COC(=O)c1ccc2c(c1)S(=O)(=O)C(C)(C)CC2. The molecule has 0 N–H and O–H groups in total. The highest BCUT2D eigenvalue weighted by Crippen LogP contribution is 2.37. The van der Waals surface area contributed by atoms with Crippen molar-refractivity contribution >= 4 is 15.8 Å². The number of rotatable bonds is 1. The number of esters is 1. The van der Waals surface area contributed by atoms with Crippen molar-refractivity contribution in [3.05, 3.63) is 29.3 Å². The molecule has 0 fully saturated rings. The molecule has 0 spiro atoms. The van der Waals surface area contributed by atoms with E-state index in [1.165, 1.54) is 13.2 Å². The van der Waals surface area contributed by atoms with Crippen LogP contribution in [0.5, 0.6) is 0 Å². The first-order valence-corrected chi connectivity index (χ1v) is 7.24. The second-order valence-corrected chi connectivity index (χ2v) is 7.63. The van der Waals surface area contributed by atoms with E-state index in [0.29, 0.717) is 12.8 Å². The van der Waals surface area contributed by atoms with Gasteiger partial charge in [-0.3, -0.25) is 0 Å². The number of fused-ring (bicyclic) bond motifs is 1. The van der Waals surface area contributed by atoms with Crippen LogP contribution in [0, 0.1) is 0 Å². The van der Waals surface area contributed by atoms with Gasteiger partial charge in [0.2, 0.25) is 0 Å². The largest absolute Gasteiger partial charge is 0.465 e. The zero-order chi connectivity index (χ0) is 13.6. The zero-order valence-corrected chi connectivity index (χ0v) is 11.5. The summed E-state index contributed by atoms with van der Waals surface area (Å²) in [5.74, 6) is -0.517. The Kier molecular flexibility index (Phi) is 2.97. The Morgan fingerprint density at radius 2 is 2.00 bits per heavy atom. The van der Waals surface area contributed by atoms with E-state index in [0.717, 1.165) is 5.56 Å². The molecule has 1 aliphatic rings. The molecule has 1 aromatic rings. The lowest BCUT2D eigenvalue weighted by atomic mass is 10.00. The van der Waals surface area contributed by atoms with Crippen molar-refractivity contribution in [2.45, 2.75) is 36.3 Å². The average Bonchev–Trinajstić information content (AvgIpc) is 2.33. The third kappa shape index (κ3) is 1.82. The zero-order valence-electron chi connectivity index (χ0n) is 10.7. The highest BCUT2D eigenvalue weighted by molar-refractivity contribution is 7.92. The number of carbonyl (C=O) groups is 1. The smallest absolute Gasteiger partial charge is 0.337 e. The Morgan fingerprint density at radius 1 is 1.33 bits per heavy atom. The number of hydrogen-bond acceptors (Lipinski definition) is 4. The van der Waals surface area contributed by atoms with Crippen LogP contribution in [0.4, 0.5) is 0 Å². The summed E-state index contributed by atoms with van der Waals surface area (Å²) in [5.41, 5.74) is 1.06. The van der Waals surface area contributed by atoms with Crippen molar-refractivity contribution in [3.63, 3.8) is 0 Å². The van der Waals surface area contributed by atoms with Gasteiger partial charge in [0, 0.05) is 0 Å². The van der Waals surface area contributed by atoms with Gasteiger partial charge in [0.15, 0.2) is 9.84 Å². The van der Waals surface area contributed by atoms with E-state index in [1.807, 2.05) is 0 Å². The maximum atomic E-state index is 12.4. The summed E-state index contributed by atoms with van der Waals surface area (Å²) in [6, 6.07) is 4.74. The van der Waals surface area contributed by atoms with E-state index in [9.17, 15) is 13.2 Å². The third-order valence-corrected chi connectivity index (χ3v) is 6.12. The van der Waals surface area contributed by atoms with E-state index >= 15 is 0 Å². The quantitative estimate of drug-likeness (QED) is 0.731. The van der Waals surface area contributed by atoms with Gasteiger partial charge in [0.05, 0.1) is 22.3 Å². The molecule has 1 aliphatic heterocycles. The summed E-state index contributed by atoms with van der Waals surface area (Å²) >= 11 is 0. The number of benzene rings is 1. The predicted octanol–water partition coefficient (Wildman–Crippen LogP) is 1.97. The molecule has 98 valence electrons. The molecular weight excluding hydrogens is 252 g/mol. The normalized spacial score (nSPS) is 19.9. The van der Waals surface area contributed by atoms with Gasteiger partial charge in [-0.25, -0.2) is 13.2 Å². The molecule has 2 rings (SSSR count). The molecule has 1 aromatic carbocycles. The molecule has 4 nitrogen and oxygen atoms in total. The molecule has 0 unspecified atom stereocenters. The van der Waals surface area contributed by atoms with E-state index in [2.05, 4.69) is 4.74 Å². The molecule has 1 heterocycles. The number of carbonyl (C=O) groups excluding carboxylic acids is 1. The monoisotopic (exact) mass is 268 g/mol. The van der Waals surface area contributed by atoms with Crippen molar-refractivity contribution in [2.24, 2.45) is 0 Å². The lowest BCUT2D eigenvalue weighted by Crippen LogP contribution is -2.36. The van der Waals surface area contributed by atoms with Crippen molar-refractivity contribution < 1.29 is 17.9 Å². The Morgan fingerprint density at radius 3 is 2.61 bits per heavy atom. The Bertz CT molecular complexity index is 599. The summed E-state index contributed by atoms with van der Waals surface area (Å²) in [6.45, 7) is 3.44. The van der Waals surface area contributed by atoms with Crippen LogP contribution in [0.25, 0.3) is 0 Å². The van der Waals surface area contributed by atoms with Crippen molar-refractivity contribution in [3.8, 4) is 0 Å². The van der Waals surface area contributed by atoms with Crippen molar-refractivity contribution in [2.75, 3.05) is 7.11 Å². The number of sulfone groups is 1. The fourth-order valence-corrected chi connectivity index (χ4v) is 3.89. The average molecular weight is 268 g/mol. The van der Waals surface area contributed by atoms with Crippen LogP contribution < -0.4 is 0 Å². The van der Waals surface area contributed by atoms with Crippen LogP contribution >= 0.6 is 0 Å². The fraction of sp³-hybridized carbons (Fsp3) is 0.462. The number of ether oxygens (including phenoxy) is 1. The van der Waals surface area contributed by atoms with Crippen LogP contribution in [0.1, 0.15) is 36.2 Å². The van der Waals surface area contributed by atoms with E-state index in [-0.39, 0.29) is 10.5 Å². The Hall–Kier alpha value is -1.36. The van der Waals surface area contributed by atoms with Gasteiger partial charge in [-0.1, -0.05) is 6.07 Å². The molecule has 5 heteroatoms. The summed E-state index contributed by atoms with van der Waals surface area (Å²) in [4.78, 5) is 11.7. The van der Waals surface area contributed by atoms with Crippen LogP contribution in [0.3, 0.4) is 0 Å². The lowest BCUT2D eigenvalue weighted by molar-refractivity contribution is 0.0600. The number of hydrogen-bond donors (Lipinski definition) is 0. The van der Waals surface area contributed by atoms with Crippen molar-refractivity contribution in [1.82, 2.24) is 0 Å². The van der Waals surface area contributed by atoms with Gasteiger partial charge in [0.25, 0.3) is 0 Å². The van der Waals surface area contributed by atoms with Gasteiger partial charge < -0.3 is 4.74 Å². The second kappa shape index (κ2) is 4.09. The maximum absolute atomic E-state index is 12.4. The minimum Gasteiger partial charge on any atom is -0.465 e. The van der Waals surface area contributed by atoms with Crippen LogP contribution in [0.2, 0.25) is 0 Å². The number of aryl methyl sites for hydroxylation is 1. The van der Waals surface area contributed by atoms with Crippen LogP contribution in [0.15, 0.2) is 23.1 Å². The highest BCUT2D eigenvalue weighted by atomic mass is 32.2. The molecule has 0 aliphatic carbocycles. The molecule has 0 saturated heterocycles. The summed E-state index contributed by atoms with van der Waals surface area (Å²) in [6.07, 6.45) is 1.31. The first-order chi connectivity index (χ1) is 8.29. The third-order valence-electron chi connectivity index (χ3n) is 3.50. The maximum Gasteiger partial charge on any atom is 0.337 e. The van der Waals surface area contributed by atoms with E-state index < -0.39 is 20.6 Å². The molecular formula is C13H16O4S. The fourth-order valence-electron chi connectivity index (χ4n) is 2.12. The lowest BCUT2D eigenvalue weighted by Gasteiger charge is -2.31. The van der Waals surface area contributed by atoms with Gasteiger partial charge >= 0.3 is 5.97 Å². The molecule has 0 saturated carbocycles. The minimum atomic E-state index is -3.39. The highest BCUT2D eigenvalue weighted by Gasteiger charge is 2.40. The van der Waals surface area contributed by atoms with E-state index in [4.69, 9.17) is 0 Å².